The van der Waals surface area contributed by atoms with Crippen molar-refractivity contribution in [3.63, 3.8) is 0 Å². The number of nitrogens with one attached hydrogen (secondary N) is 2. The van der Waals surface area contributed by atoms with Gasteiger partial charge in [0.25, 0.3) is 0 Å². The Morgan fingerprint density at radius 2 is 0.956 bits per heavy atom. The van der Waals surface area contributed by atoms with Crippen LogP contribution in [0.5, 0.6) is 23.0 Å². The molecule has 0 aliphatic rings. The molecule has 0 spiro atoms. The van der Waals surface area contributed by atoms with E-state index in [2.05, 4.69) is 44.7 Å². The molecule has 6 aromatic carbocycles. The van der Waals surface area contributed by atoms with Crippen molar-refractivity contribution in [1.29, 1.82) is 0 Å². The zero-order chi connectivity index (χ0) is 48.4. The maximum atomic E-state index is 15.3. The summed E-state index contributed by atoms with van der Waals surface area (Å²) < 4.78 is 10.9. The van der Waals surface area contributed by atoms with E-state index in [0.717, 1.165) is 91.0 Å². The second kappa shape index (κ2) is 20.1. The van der Waals surface area contributed by atoms with E-state index >= 15 is 4.79 Å². The van der Waals surface area contributed by atoms with Crippen LogP contribution < -0.4 is 20.1 Å². The molecular weight excluding hydrogens is 896 g/mol. The number of phenolic OH excluding ortho intramolecular Hbond substituents is 2. The Bertz CT molecular complexity index is 2950. The van der Waals surface area contributed by atoms with Crippen LogP contribution in [-0.4, -0.2) is 78.2 Å². The lowest BCUT2D eigenvalue weighted by atomic mass is 9.84. The van der Waals surface area contributed by atoms with Crippen LogP contribution in [0.4, 0.5) is 22.7 Å². The summed E-state index contributed by atoms with van der Waals surface area (Å²) in [5.74, 6) is -1.09. The van der Waals surface area contributed by atoms with E-state index in [-0.39, 0.29) is 38.8 Å². The number of benzene rings is 6. The molecule has 0 aliphatic carbocycles. The van der Waals surface area contributed by atoms with Crippen molar-refractivity contribution in [2.75, 3.05) is 53.0 Å². The third-order valence-electron chi connectivity index (χ3n) is 12.2. The first kappa shape index (κ1) is 47.6. The van der Waals surface area contributed by atoms with Gasteiger partial charge >= 0.3 is 0 Å². The summed E-state index contributed by atoms with van der Waals surface area (Å²) in [6.45, 7) is 5.43. The van der Waals surface area contributed by atoms with Gasteiger partial charge in [0.05, 0.1) is 46.7 Å². The average molecular weight is 950 g/mol. The van der Waals surface area contributed by atoms with Crippen LogP contribution in [0.15, 0.2) is 122 Å². The second-order valence-electron chi connectivity index (χ2n) is 17.6. The molecule has 2 atom stereocenters. The number of phenols is 2. The molecule has 11 nitrogen and oxygen atoms in total. The quantitative estimate of drug-likeness (QED) is 0.0738. The van der Waals surface area contributed by atoms with Crippen LogP contribution in [0.25, 0.3) is 44.1 Å². The largest absolute Gasteiger partial charge is 0.503 e. The van der Waals surface area contributed by atoms with Crippen molar-refractivity contribution in [3.05, 3.63) is 154 Å². The smallest absolute Gasteiger partial charge is 0.176 e. The molecule has 0 saturated heterocycles. The predicted octanol–water partition coefficient (Wildman–Crippen LogP) is 12.9. The minimum Gasteiger partial charge on any atom is -0.503 e. The number of Topliss-reactive ketones (excluding diaryl/α,β-unsaturated/α-hetero) is 1. The average Bonchev–Trinajstić information content (AvgIpc) is 3.33. The SMILES string of the molecule is COc1cc(-c2ccc3ncc(C(C)C(=O)C(C)c4cnc5ccc(-c6cc(Cl)c(O)c(OC)c6)cc5c4Nc4ccc(CN(C)C)cc4)c(Nc4ccc(CN(C)C)cc4)c3c2)cc(Cl)c1O. The Morgan fingerprint density at radius 3 is 1.31 bits per heavy atom. The summed E-state index contributed by atoms with van der Waals surface area (Å²) in [5.41, 5.74) is 11.5. The highest BCUT2D eigenvalue weighted by atomic mass is 35.5. The predicted molar refractivity (Wildman–Crippen MR) is 277 cm³/mol. The summed E-state index contributed by atoms with van der Waals surface area (Å²) >= 11 is 13.0. The molecule has 348 valence electrons. The molecule has 0 amide bonds. The summed E-state index contributed by atoms with van der Waals surface area (Å²) in [6, 6.07) is 35.2. The maximum absolute atomic E-state index is 15.3. The highest BCUT2D eigenvalue weighted by Gasteiger charge is 2.29. The van der Waals surface area contributed by atoms with Gasteiger partial charge in [-0.25, -0.2) is 0 Å². The number of hydrogen-bond acceptors (Lipinski definition) is 11. The van der Waals surface area contributed by atoms with Gasteiger partial charge in [-0.05, 0) is 134 Å². The van der Waals surface area contributed by atoms with Gasteiger partial charge in [0.1, 0.15) is 5.78 Å². The fourth-order valence-electron chi connectivity index (χ4n) is 8.59. The standard InChI is InChI=1S/C55H54Cl2N6O5/c1-31(43-27-58-47-19-13-35(37-23-45(56)54(65)49(25-37)67-7)21-41(47)51(43)60-39-15-9-33(10-16-39)29-62(3)4)53(64)32(2)44-28-59-48-20-14-36(38-24-46(57)55(66)50(26-38)68-8)22-42(48)52(44)61-40-17-11-34(12-18-40)30-63(5)6/h9-28,31-32,65-66H,29-30H2,1-8H3,(H,58,60)(H,59,61). The number of anilines is 4. The number of fused-ring (bicyclic) bond motifs is 2. The molecule has 0 saturated carbocycles. The van der Waals surface area contributed by atoms with E-state index in [0.29, 0.717) is 11.1 Å². The minimum absolute atomic E-state index is 0.0431. The zero-order valence-corrected chi connectivity index (χ0v) is 40.8. The monoisotopic (exact) mass is 948 g/mol. The minimum atomic E-state index is -0.643. The third-order valence-corrected chi connectivity index (χ3v) is 12.8. The van der Waals surface area contributed by atoms with Crippen LogP contribution in [0.2, 0.25) is 10.0 Å². The fourth-order valence-corrected chi connectivity index (χ4v) is 9.01. The summed E-state index contributed by atoms with van der Waals surface area (Å²) in [5, 5.41) is 30.4. The molecular formula is C55H54Cl2N6O5. The molecule has 68 heavy (non-hydrogen) atoms. The van der Waals surface area contributed by atoms with Crippen LogP contribution in [0, 0.1) is 0 Å². The molecule has 0 radical (unpaired) electrons. The number of nitrogens with zero attached hydrogens (tertiary/aromatic N) is 4. The lowest BCUT2D eigenvalue weighted by Crippen LogP contribution is -2.19. The fraction of sp³-hybridized carbons (Fsp3) is 0.218. The number of halogens is 2. The van der Waals surface area contributed by atoms with Gasteiger partial charge in [0.2, 0.25) is 0 Å². The molecule has 2 unspecified atom stereocenters. The van der Waals surface area contributed by atoms with Gasteiger partial charge in [0, 0.05) is 70.6 Å². The van der Waals surface area contributed by atoms with Gasteiger partial charge in [-0.15, -0.1) is 0 Å². The van der Waals surface area contributed by atoms with E-state index in [9.17, 15) is 10.2 Å². The van der Waals surface area contributed by atoms with Crippen LogP contribution in [0.1, 0.15) is 47.9 Å². The van der Waals surface area contributed by atoms with Gasteiger partial charge in [0.15, 0.2) is 23.0 Å². The lowest BCUT2D eigenvalue weighted by molar-refractivity contribution is -0.121. The molecule has 8 rings (SSSR count). The molecule has 4 N–H and O–H groups in total. The van der Waals surface area contributed by atoms with Crippen LogP contribution in [-0.2, 0) is 17.9 Å². The molecule has 0 fully saturated rings. The normalized spacial score (nSPS) is 12.4. The molecule has 8 aromatic rings. The van der Waals surface area contributed by atoms with Crippen LogP contribution >= 0.6 is 23.2 Å². The Kier molecular flexibility index (Phi) is 14.1. The number of ketones is 1. The van der Waals surface area contributed by atoms with Crippen molar-refractivity contribution in [2.45, 2.75) is 38.8 Å². The second-order valence-corrected chi connectivity index (χ2v) is 18.4. The highest BCUT2D eigenvalue weighted by molar-refractivity contribution is 6.33. The van der Waals surface area contributed by atoms with Gasteiger partial charge in [-0.3, -0.25) is 14.8 Å². The summed E-state index contributed by atoms with van der Waals surface area (Å²) in [4.78, 5) is 29.3. The Labute approximate surface area is 406 Å². The van der Waals surface area contributed by atoms with Crippen LogP contribution in [0.3, 0.4) is 0 Å². The molecule has 0 bridgehead atoms. The highest BCUT2D eigenvalue weighted by Crippen LogP contribution is 2.44. The zero-order valence-electron chi connectivity index (χ0n) is 39.3. The van der Waals surface area contributed by atoms with Crippen molar-refractivity contribution < 1.29 is 24.5 Å². The molecule has 2 aromatic heterocycles. The van der Waals surface area contributed by atoms with Gasteiger partial charge < -0.3 is 40.1 Å². The molecule has 0 aliphatic heterocycles. The van der Waals surface area contributed by atoms with E-state index in [4.69, 9.17) is 42.6 Å². The molecule has 13 heteroatoms. The lowest BCUT2D eigenvalue weighted by Gasteiger charge is -2.24. The Morgan fingerprint density at radius 1 is 0.574 bits per heavy atom. The number of rotatable bonds is 16. The maximum Gasteiger partial charge on any atom is 0.176 e. The number of methoxy groups -OCH3 is 2. The first-order chi connectivity index (χ1) is 32.6. The van der Waals surface area contributed by atoms with Crippen molar-refractivity contribution in [3.8, 4) is 45.3 Å². The summed E-state index contributed by atoms with van der Waals surface area (Å²) in [7, 11) is 11.1. The first-order valence-electron chi connectivity index (χ1n) is 22.2. The number of ether oxygens (including phenoxy) is 2. The van der Waals surface area contributed by atoms with Crippen molar-refractivity contribution in [1.82, 2.24) is 19.8 Å². The van der Waals surface area contributed by atoms with Gasteiger partial charge in [-0.2, -0.15) is 0 Å². The van der Waals surface area contributed by atoms with Crippen molar-refractivity contribution >= 4 is 73.5 Å². The first-order valence-corrected chi connectivity index (χ1v) is 22.9. The number of carbonyl (C=O) groups is 1. The Hall–Kier alpha value is -6.89. The molecule has 2 heterocycles. The van der Waals surface area contributed by atoms with E-state index in [1.165, 1.54) is 14.2 Å². The number of hydrogen-bond donors (Lipinski definition) is 4. The number of pyridine rings is 2. The Balaban J connectivity index is 1.24. The van der Waals surface area contributed by atoms with E-state index in [1.54, 1.807) is 36.7 Å². The van der Waals surface area contributed by atoms with Gasteiger partial charge in [-0.1, -0.05) is 73.4 Å². The topological polar surface area (TPSA) is 132 Å². The van der Waals surface area contributed by atoms with Crippen molar-refractivity contribution in [2.24, 2.45) is 0 Å². The number of carbonyl (C=O) groups excluding carboxylic acids is 1. The third kappa shape index (κ3) is 10.0. The van der Waals surface area contributed by atoms with E-state index < -0.39 is 11.8 Å². The van der Waals surface area contributed by atoms with E-state index in [1.807, 2.05) is 103 Å². The summed E-state index contributed by atoms with van der Waals surface area (Å²) in [6.07, 6.45) is 3.58. The number of aromatic nitrogens is 2. The number of aromatic hydroxyl groups is 2.